The van der Waals surface area contributed by atoms with Gasteiger partial charge in [0.15, 0.2) is 0 Å². The van der Waals surface area contributed by atoms with Gasteiger partial charge in [-0.1, -0.05) is 18.2 Å². The molecule has 3 nitrogen and oxygen atoms in total. The first-order valence-electron chi connectivity index (χ1n) is 7.01. The lowest BCUT2D eigenvalue weighted by Gasteiger charge is -2.14. The Labute approximate surface area is 132 Å². The second kappa shape index (κ2) is 6.73. The van der Waals surface area contributed by atoms with Crippen molar-refractivity contribution in [2.24, 2.45) is 0 Å². The SMILES string of the molecule is CC(C)Oc1ccccc1C(=O)Nc1cccc(C(F)(F)F)c1. The van der Waals surface area contributed by atoms with Crippen molar-refractivity contribution in [1.82, 2.24) is 0 Å². The average Bonchev–Trinajstić information content (AvgIpc) is 2.46. The maximum Gasteiger partial charge on any atom is 0.416 e. The molecule has 0 aromatic heterocycles. The van der Waals surface area contributed by atoms with Crippen molar-refractivity contribution in [3.63, 3.8) is 0 Å². The molecule has 0 aliphatic carbocycles. The van der Waals surface area contributed by atoms with Crippen LogP contribution < -0.4 is 10.1 Å². The maximum absolute atomic E-state index is 12.7. The molecule has 23 heavy (non-hydrogen) atoms. The molecular weight excluding hydrogens is 307 g/mol. The highest BCUT2D eigenvalue weighted by atomic mass is 19.4. The minimum absolute atomic E-state index is 0.0733. The molecule has 2 aromatic carbocycles. The second-order valence-electron chi connectivity index (χ2n) is 5.20. The van der Waals surface area contributed by atoms with Crippen molar-refractivity contribution in [2.75, 3.05) is 5.32 Å². The van der Waals surface area contributed by atoms with Crippen LogP contribution in [-0.2, 0) is 6.18 Å². The van der Waals surface area contributed by atoms with Crippen LogP contribution in [0.25, 0.3) is 0 Å². The van der Waals surface area contributed by atoms with E-state index in [1.807, 2.05) is 13.8 Å². The number of ether oxygens (including phenoxy) is 1. The number of amides is 1. The van der Waals surface area contributed by atoms with Gasteiger partial charge in [-0.2, -0.15) is 13.2 Å². The maximum atomic E-state index is 12.7. The first-order valence-corrected chi connectivity index (χ1v) is 7.01. The van der Waals surface area contributed by atoms with Crippen molar-refractivity contribution in [1.29, 1.82) is 0 Å². The zero-order valence-electron chi connectivity index (χ0n) is 12.6. The number of para-hydroxylation sites is 1. The van der Waals surface area contributed by atoms with Crippen LogP contribution in [0, 0.1) is 0 Å². The summed E-state index contributed by atoms with van der Waals surface area (Å²) in [5.41, 5.74) is -0.482. The Morgan fingerprint density at radius 3 is 2.43 bits per heavy atom. The first-order chi connectivity index (χ1) is 10.8. The highest BCUT2D eigenvalue weighted by Crippen LogP contribution is 2.31. The van der Waals surface area contributed by atoms with E-state index in [0.29, 0.717) is 5.75 Å². The number of anilines is 1. The van der Waals surface area contributed by atoms with E-state index in [2.05, 4.69) is 5.32 Å². The molecule has 1 N–H and O–H groups in total. The van der Waals surface area contributed by atoms with Crippen molar-refractivity contribution in [3.8, 4) is 5.75 Å². The molecule has 0 heterocycles. The predicted octanol–water partition coefficient (Wildman–Crippen LogP) is 4.74. The van der Waals surface area contributed by atoms with Gasteiger partial charge in [-0.05, 0) is 44.2 Å². The number of carbonyl (C=O) groups excluding carboxylic acids is 1. The molecule has 0 fully saturated rings. The molecular formula is C17H16F3NO2. The van der Waals surface area contributed by atoms with Gasteiger partial charge in [0.1, 0.15) is 5.75 Å². The van der Waals surface area contributed by atoms with E-state index in [0.717, 1.165) is 12.1 Å². The molecule has 122 valence electrons. The molecule has 0 aliphatic rings. The summed E-state index contributed by atoms with van der Waals surface area (Å²) in [6.45, 7) is 3.64. The van der Waals surface area contributed by atoms with Crippen molar-refractivity contribution >= 4 is 11.6 Å². The molecule has 0 saturated heterocycles. The van der Waals surface area contributed by atoms with Gasteiger partial charge in [0.25, 0.3) is 5.91 Å². The summed E-state index contributed by atoms with van der Waals surface area (Å²) in [4.78, 5) is 12.3. The minimum Gasteiger partial charge on any atom is -0.490 e. The first kappa shape index (κ1) is 16.9. The van der Waals surface area contributed by atoms with Crippen LogP contribution in [0.2, 0.25) is 0 Å². The fraction of sp³-hybridized carbons (Fsp3) is 0.235. The van der Waals surface area contributed by atoms with Gasteiger partial charge in [-0.25, -0.2) is 0 Å². The summed E-state index contributed by atoms with van der Waals surface area (Å²) >= 11 is 0. The Hall–Kier alpha value is -2.50. The van der Waals surface area contributed by atoms with Gasteiger partial charge < -0.3 is 10.1 Å². The lowest BCUT2D eigenvalue weighted by molar-refractivity contribution is -0.137. The van der Waals surface area contributed by atoms with E-state index in [1.54, 1.807) is 24.3 Å². The van der Waals surface area contributed by atoms with Gasteiger partial charge in [-0.15, -0.1) is 0 Å². The third-order valence-corrected chi connectivity index (χ3v) is 2.94. The fourth-order valence-electron chi connectivity index (χ4n) is 1.98. The Kier molecular flexibility index (Phi) is 4.93. The number of carbonyl (C=O) groups is 1. The van der Waals surface area contributed by atoms with E-state index in [9.17, 15) is 18.0 Å². The van der Waals surface area contributed by atoms with Crippen LogP contribution in [0.4, 0.5) is 18.9 Å². The zero-order valence-corrected chi connectivity index (χ0v) is 12.6. The Balaban J connectivity index is 2.23. The standard InChI is InChI=1S/C17H16F3NO2/c1-11(2)23-15-9-4-3-8-14(15)16(22)21-13-7-5-6-12(10-13)17(18,19)20/h3-11H,1-2H3,(H,21,22). The van der Waals surface area contributed by atoms with Gasteiger partial charge in [0.2, 0.25) is 0 Å². The molecule has 2 rings (SSSR count). The van der Waals surface area contributed by atoms with Gasteiger partial charge in [-0.3, -0.25) is 4.79 Å². The smallest absolute Gasteiger partial charge is 0.416 e. The van der Waals surface area contributed by atoms with Crippen LogP contribution in [-0.4, -0.2) is 12.0 Å². The largest absolute Gasteiger partial charge is 0.490 e. The van der Waals surface area contributed by atoms with Gasteiger partial charge in [0.05, 0.1) is 17.2 Å². The molecule has 0 saturated carbocycles. The van der Waals surface area contributed by atoms with Gasteiger partial charge in [0, 0.05) is 5.69 Å². The zero-order chi connectivity index (χ0) is 17.0. The Bertz CT molecular complexity index is 696. The normalized spacial score (nSPS) is 11.4. The van der Waals surface area contributed by atoms with Crippen molar-refractivity contribution in [3.05, 3.63) is 59.7 Å². The van der Waals surface area contributed by atoms with E-state index >= 15 is 0 Å². The van der Waals surface area contributed by atoms with E-state index in [-0.39, 0.29) is 17.4 Å². The number of hydrogen-bond donors (Lipinski definition) is 1. The Morgan fingerprint density at radius 2 is 1.78 bits per heavy atom. The minimum atomic E-state index is -4.46. The quantitative estimate of drug-likeness (QED) is 0.882. The molecule has 0 spiro atoms. The summed E-state index contributed by atoms with van der Waals surface area (Å²) < 4.78 is 43.7. The Morgan fingerprint density at radius 1 is 1.09 bits per heavy atom. The summed E-state index contributed by atoms with van der Waals surface area (Å²) in [6, 6.07) is 11.1. The molecule has 2 aromatic rings. The number of halogens is 3. The summed E-state index contributed by atoms with van der Waals surface area (Å²) in [7, 11) is 0. The molecule has 6 heteroatoms. The highest BCUT2D eigenvalue weighted by molar-refractivity contribution is 6.06. The predicted molar refractivity (Wildman–Crippen MR) is 81.6 cm³/mol. The summed E-state index contributed by atoms with van der Waals surface area (Å²) in [5.74, 6) is -0.146. The molecule has 0 bridgehead atoms. The van der Waals surface area contributed by atoms with E-state index < -0.39 is 17.6 Å². The van der Waals surface area contributed by atoms with Crippen molar-refractivity contribution < 1.29 is 22.7 Å². The lowest BCUT2D eigenvalue weighted by atomic mass is 10.1. The molecule has 0 radical (unpaired) electrons. The van der Waals surface area contributed by atoms with E-state index in [4.69, 9.17) is 4.74 Å². The lowest BCUT2D eigenvalue weighted by Crippen LogP contribution is -2.16. The van der Waals surface area contributed by atoms with Crippen molar-refractivity contribution in [2.45, 2.75) is 26.1 Å². The fourth-order valence-corrected chi connectivity index (χ4v) is 1.98. The number of alkyl halides is 3. The van der Waals surface area contributed by atoms with E-state index in [1.165, 1.54) is 12.1 Å². The number of hydrogen-bond acceptors (Lipinski definition) is 2. The molecule has 0 unspecified atom stereocenters. The van der Waals surface area contributed by atoms with Crippen LogP contribution in [0.5, 0.6) is 5.75 Å². The summed E-state index contributed by atoms with van der Waals surface area (Å²) in [6.07, 6.45) is -4.59. The summed E-state index contributed by atoms with van der Waals surface area (Å²) in [5, 5.41) is 2.47. The molecule has 0 atom stereocenters. The monoisotopic (exact) mass is 323 g/mol. The average molecular weight is 323 g/mol. The molecule has 0 aliphatic heterocycles. The highest BCUT2D eigenvalue weighted by Gasteiger charge is 2.30. The van der Waals surface area contributed by atoms with Crippen LogP contribution in [0.3, 0.4) is 0 Å². The van der Waals surface area contributed by atoms with Gasteiger partial charge >= 0.3 is 6.18 Å². The molecule has 1 amide bonds. The number of benzene rings is 2. The third kappa shape index (κ3) is 4.48. The van der Waals surface area contributed by atoms with Crippen LogP contribution in [0.1, 0.15) is 29.8 Å². The number of nitrogens with one attached hydrogen (secondary N) is 1. The second-order valence-corrected chi connectivity index (χ2v) is 5.20. The topological polar surface area (TPSA) is 38.3 Å². The van der Waals surface area contributed by atoms with Crippen LogP contribution in [0.15, 0.2) is 48.5 Å². The number of rotatable bonds is 4. The third-order valence-electron chi connectivity index (χ3n) is 2.94. The van der Waals surface area contributed by atoms with Crippen LogP contribution >= 0.6 is 0 Å².